The maximum atomic E-state index is 5.03. The van der Waals surface area contributed by atoms with E-state index in [4.69, 9.17) is 11.1 Å². The summed E-state index contributed by atoms with van der Waals surface area (Å²) in [6.45, 7) is 0. The summed E-state index contributed by atoms with van der Waals surface area (Å²) in [7, 11) is 0. The largest absolute Gasteiger partial charge is 0.360 e. The molecule has 5 heteroatoms. The molecule has 0 aliphatic rings. The fraction of sp³-hybridized carbons (Fsp3) is 0. The molecule has 0 aromatic heterocycles. The van der Waals surface area contributed by atoms with Gasteiger partial charge in [-0.1, -0.05) is 0 Å². The van der Waals surface area contributed by atoms with Crippen molar-refractivity contribution < 1.29 is 5.41 Å². The minimum atomic E-state index is 0.266. The lowest BCUT2D eigenvalue weighted by atomic mass is 11.2. The molecule has 3 nitrogen and oxygen atoms in total. The third kappa shape index (κ3) is 6.10. The van der Waals surface area contributed by atoms with Crippen LogP contribution in [0.3, 0.4) is 0 Å². The Morgan fingerprint density at radius 3 is 2.00 bits per heavy atom. The summed E-state index contributed by atoms with van der Waals surface area (Å²) in [4.78, 5) is 3.50. The van der Waals surface area contributed by atoms with Crippen molar-refractivity contribution in [3.05, 3.63) is 0 Å². The van der Waals surface area contributed by atoms with Gasteiger partial charge in [0.25, 0.3) is 4.74 Å². The van der Waals surface area contributed by atoms with Crippen LogP contribution in [-0.4, -0.2) is 9.49 Å². The molecule has 0 spiro atoms. The molecule has 0 rings (SSSR count). The molecule has 7 heavy (non-hydrogen) atoms. The van der Waals surface area contributed by atoms with Crippen molar-refractivity contribution >= 4 is 41.3 Å². The highest BCUT2D eigenvalue weighted by atomic mass is 79.9. The van der Waals surface area contributed by atoms with E-state index in [0.29, 0.717) is 0 Å². The summed E-state index contributed by atoms with van der Waals surface area (Å²) in [6.07, 6.45) is 0. The fourth-order valence-electron chi connectivity index (χ4n) is 0.102. The van der Waals surface area contributed by atoms with Crippen LogP contribution in [0.15, 0.2) is 4.99 Å². The van der Waals surface area contributed by atoms with Crippen molar-refractivity contribution in [3.63, 3.8) is 0 Å². The minimum Gasteiger partial charge on any atom is -0.357 e. The van der Waals surface area contributed by atoms with E-state index in [0.717, 1.165) is 0 Å². The third-order valence-corrected chi connectivity index (χ3v) is 0.568. The SMILES string of the molecule is N/C(Br)=N\C(=[NH2+])Br. The van der Waals surface area contributed by atoms with Crippen LogP contribution in [0.4, 0.5) is 0 Å². The Labute approximate surface area is 57.8 Å². The second-order valence-electron chi connectivity index (χ2n) is 0.757. The summed E-state index contributed by atoms with van der Waals surface area (Å²) in [6, 6.07) is 0. The monoisotopic (exact) mass is 228 g/mol. The third-order valence-electron chi connectivity index (χ3n) is 0.214. The molecule has 0 bridgehead atoms. The number of halogens is 2. The first kappa shape index (κ1) is 7.10. The van der Waals surface area contributed by atoms with Gasteiger partial charge in [0, 0.05) is 15.9 Å². The van der Waals surface area contributed by atoms with Gasteiger partial charge in [0.1, 0.15) is 0 Å². The predicted octanol–water partition coefficient (Wildman–Crippen LogP) is -0.794. The van der Waals surface area contributed by atoms with Gasteiger partial charge in [0.2, 0.25) is 0 Å². The van der Waals surface area contributed by atoms with E-state index in [1.54, 1.807) is 0 Å². The van der Waals surface area contributed by atoms with Crippen molar-refractivity contribution in [3.8, 4) is 0 Å². The number of rotatable bonds is 0. The molecule has 0 aromatic rings. The second kappa shape index (κ2) is 3.15. The Morgan fingerprint density at radius 2 is 2.00 bits per heavy atom. The zero-order valence-electron chi connectivity index (χ0n) is 3.36. The molecule has 0 amide bonds. The normalized spacial score (nSPS) is 11.4. The molecule has 0 fully saturated rings. The highest BCUT2D eigenvalue weighted by Crippen LogP contribution is 1.85. The van der Waals surface area contributed by atoms with E-state index in [2.05, 4.69) is 36.9 Å². The smallest absolute Gasteiger partial charge is 0.357 e. The van der Waals surface area contributed by atoms with Crippen LogP contribution >= 0.6 is 31.9 Å². The molecule has 0 aromatic carbocycles. The quantitative estimate of drug-likeness (QED) is 0.319. The first-order valence-corrected chi connectivity index (χ1v) is 2.99. The lowest BCUT2D eigenvalue weighted by Gasteiger charge is -1.69. The van der Waals surface area contributed by atoms with Crippen molar-refractivity contribution in [1.29, 1.82) is 0 Å². The van der Waals surface area contributed by atoms with Crippen LogP contribution in [0.2, 0.25) is 0 Å². The first-order valence-electron chi connectivity index (χ1n) is 1.40. The van der Waals surface area contributed by atoms with Crippen molar-refractivity contribution in [2.45, 2.75) is 0 Å². The molecule has 0 unspecified atom stereocenters. The first-order chi connectivity index (χ1) is 3.13. The van der Waals surface area contributed by atoms with E-state index in [9.17, 15) is 0 Å². The predicted molar refractivity (Wildman–Crippen MR) is 36.4 cm³/mol. The van der Waals surface area contributed by atoms with Crippen LogP contribution < -0.4 is 11.1 Å². The van der Waals surface area contributed by atoms with E-state index in [1.807, 2.05) is 0 Å². The Balaban J connectivity index is 3.68. The van der Waals surface area contributed by atoms with E-state index >= 15 is 0 Å². The van der Waals surface area contributed by atoms with Gasteiger partial charge in [0.05, 0.1) is 15.9 Å². The van der Waals surface area contributed by atoms with Crippen molar-refractivity contribution in [2.75, 3.05) is 0 Å². The highest BCUT2D eigenvalue weighted by Gasteiger charge is 1.94. The molecule has 40 valence electrons. The van der Waals surface area contributed by atoms with Crippen LogP contribution in [0.1, 0.15) is 0 Å². The van der Waals surface area contributed by atoms with Gasteiger partial charge in [-0.2, -0.15) is 0 Å². The Hall–Kier alpha value is 0.1000. The molecule has 0 saturated carbocycles. The molecule has 0 aliphatic heterocycles. The van der Waals surface area contributed by atoms with Gasteiger partial charge in [-0.3, -0.25) is 5.41 Å². The standard InChI is InChI=1S/C2H3Br2N3/c3-1(5)7-2(4)6/h(H3,5,6,7)/p+1. The molecule has 0 heterocycles. The zero-order chi connectivity index (χ0) is 5.86. The number of nitrogens with zero attached hydrogens (tertiary/aromatic N) is 1. The maximum absolute atomic E-state index is 5.03. The maximum Gasteiger partial charge on any atom is 0.360 e. The lowest BCUT2D eigenvalue weighted by molar-refractivity contribution is -0.109. The lowest BCUT2D eigenvalue weighted by Crippen LogP contribution is -2.35. The Kier molecular flexibility index (Phi) is 3.19. The summed E-state index contributed by atoms with van der Waals surface area (Å²) >= 11 is 5.74. The number of hydrogen-bond donors (Lipinski definition) is 2. The molecule has 0 saturated heterocycles. The zero-order valence-corrected chi connectivity index (χ0v) is 6.53. The molecule has 0 radical (unpaired) electrons. The molecule has 4 N–H and O–H groups in total. The van der Waals surface area contributed by atoms with Gasteiger partial charge in [-0.05, 0) is 4.99 Å². The van der Waals surface area contributed by atoms with Crippen LogP contribution in [0.25, 0.3) is 0 Å². The van der Waals surface area contributed by atoms with Gasteiger partial charge < -0.3 is 5.73 Å². The number of amidine groups is 2. The number of hydrogen-bond acceptors (Lipinski definition) is 0. The van der Waals surface area contributed by atoms with E-state index in [-0.39, 0.29) is 9.49 Å². The summed E-state index contributed by atoms with van der Waals surface area (Å²) < 4.78 is 0.531. The van der Waals surface area contributed by atoms with Gasteiger partial charge in [-0.25, -0.2) is 0 Å². The van der Waals surface area contributed by atoms with Crippen molar-refractivity contribution in [1.82, 2.24) is 0 Å². The van der Waals surface area contributed by atoms with Gasteiger partial charge in [-0.15, -0.1) is 0 Å². The summed E-state index contributed by atoms with van der Waals surface area (Å²) in [5.41, 5.74) is 5.03. The van der Waals surface area contributed by atoms with Crippen molar-refractivity contribution in [2.24, 2.45) is 10.7 Å². The summed E-state index contributed by atoms with van der Waals surface area (Å²) in [5.74, 6) is 0. The highest BCUT2D eigenvalue weighted by molar-refractivity contribution is 9.19. The van der Waals surface area contributed by atoms with Crippen LogP contribution in [0, 0.1) is 0 Å². The average molecular weight is 230 g/mol. The number of aliphatic imine (C=N–C) groups is 1. The topological polar surface area (TPSA) is 64.0 Å². The molecule has 0 aliphatic carbocycles. The van der Waals surface area contributed by atoms with Crippen LogP contribution in [-0.2, 0) is 0 Å². The van der Waals surface area contributed by atoms with Gasteiger partial charge in [0.15, 0.2) is 0 Å². The average Bonchev–Trinajstić information content (AvgIpc) is 1.27. The minimum absolute atomic E-state index is 0.266. The van der Waals surface area contributed by atoms with E-state index < -0.39 is 0 Å². The summed E-state index contributed by atoms with van der Waals surface area (Å²) in [5, 5.41) is 5.03. The van der Waals surface area contributed by atoms with E-state index in [1.165, 1.54) is 0 Å². The molecular weight excluding hydrogens is 226 g/mol. The molecule has 0 atom stereocenters. The molecular formula is C2H4Br2N3+. The van der Waals surface area contributed by atoms with Gasteiger partial charge >= 0.3 is 4.74 Å². The van der Waals surface area contributed by atoms with Crippen LogP contribution in [0.5, 0.6) is 0 Å². The number of nitrogens with two attached hydrogens (primary N) is 2. The fourth-order valence-corrected chi connectivity index (χ4v) is 0.722. The second-order valence-corrected chi connectivity index (χ2v) is 2.38. The Morgan fingerprint density at radius 1 is 1.57 bits per heavy atom. The Bertz CT molecular complexity index is 104.